The van der Waals surface area contributed by atoms with E-state index < -0.39 is 15.9 Å². The number of benzene rings is 1. The summed E-state index contributed by atoms with van der Waals surface area (Å²) >= 11 is 0. The van der Waals surface area contributed by atoms with E-state index in [1.165, 1.54) is 0 Å². The van der Waals surface area contributed by atoms with Crippen LogP contribution in [0.15, 0.2) is 24.3 Å². The van der Waals surface area contributed by atoms with Crippen molar-refractivity contribution in [2.45, 2.75) is 12.5 Å². The number of methoxy groups -OCH3 is 1. The number of ether oxygens (including phenoxy) is 1. The van der Waals surface area contributed by atoms with Crippen LogP contribution in [-0.2, 0) is 9.84 Å². The molecule has 1 aromatic rings. The second kappa shape index (κ2) is 4.66. The average Bonchev–Trinajstić information content (AvgIpc) is 2.69. The van der Waals surface area contributed by atoms with Gasteiger partial charge in [0.1, 0.15) is 5.75 Å². The average molecular weight is 256 g/mol. The Hall–Kier alpha value is -1.07. The number of hydrogen-bond acceptors (Lipinski definition) is 4. The van der Waals surface area contributed by atoms with Gasteiger partial charge in [-0.25, -0.2) is 8.42 Å². The molecule has 5 heteroatoms. The highest BCUT2D eigenvalue weighted by Gasteiger charge is 2.33. The molecule has 0 radical (unpaired) electrons. The predicted molar refractivity (Wildman–Crippen MR) is 64.7 cm³/mol. The zero-order valence-corrected chi connectivity index (χ0v) is 10.5. The van der Waals surface area contributed by atoms with Crippen molar-refractivity contribution >= 4 is 9.84 Å². The van der Waals surface area contributed by atoms with Crippen molar-refractivity contribution in [1.29, 1.82) is 0 Å². The van der Waals surface area contributed by atoms with E-state index >= 15 is 0 Å². The van der Waals surface area contributed by atoms with E-state index in [0.29, 0.717) is 6.42 Å². The van der Waals surface area contributed by atoms with Gasteiger partial charge in [-0.15, -0.1) is 0 Å². The fraction of sp³-hybridized carbons (Fsp3) is 0.500. The lowest BCUT2D eigenvalue weighted by atomic mass is 9.95. The lowest BCUT2D eigenvalue weighted by Gasteiger charge is -2.17. The van der Waals surface area contributed by atoms with Crippen molar-refractivity contribution < 1.29 is 18.3 Å². The number of aliphatic hydroxyl groups excluding tert-OH is 1. The highest BCUT2D eigenvalue weighted by Crippen LogP contribution is 2.31. The first-order valence-electron chi connectivity index (χ1n) is 5.54. The van der Waals surface area contributed by atoms with E-state index in [1.54, 1.807) is 31.4 Å². The zero-order chi connectivity index (χ0) is 12.5. The Morgan fingerprint density at radius 3 is 2.47 bits per heavy atom. The minimum Gasteiger partial charge on any atom is -0.497 e. The smallest absolute Gasteiger partial charge is 0.150 e. The van der Waals surface area contributed by atoms with Gasteiger partial charge in [0.2, 0.25) is 0 Å². The molecule has 2 atom stereocenters. The van der Waals surface area contributed by atoms with Crippen LogP contribution in [-0.4, -0.2) is 32.1 Å². The lowest BCUT2D eigenvalue weighted by molar-refractivity contribution is 0.121. The summed E-state index contributed by atoms with van der Waals surface area (Å²) in [5.41, 5.74) is 0.743. The van der Waals surface area contributed by atoms with Crippen LogP contribution in [0.5, 0.6) is 5.75 Å². The highest BCUT2D eigenvalue weighted by molar-refractivity contribution is 7.91. The molecular formula is C12H16O4S. The van der Waals surface area contributed by atoms with Crippen molar-refractivity contribution in [3.63, 3.8) is 0 Å². The molecule has 2 unspecified atom stereocenters. The number of aliphatic hydroxyl groups is 1. The number of hydrogen-bond donors (Lipinski definition) is 1. The lowest BCUT2D eigenvalue weighted by Crippen LogP contribution is -2.14. The predicted octanol–water partition coefficient (Wildman–Crippen LogP) is 1.16. The third kappa shape index (κ3) is 2.79. The molecule has 17 heavy (non-hydrogen) atoms. The Balaban J connectivity index is 2.11. The maximum atomic E-state index is 11.3. The Kier molecular flexibility index (Phi) is 3.40. The molecule has 1 aliphatic rings. The van der Waals surface area contributed by atoms with Crippen LogP contribution >= 0.6 is 0 Å². The molecule has 2 rings (SSSR count). The van der Waals surface area contributed by atoms with Crippen molar-refractivity contribution in [1.82, 2.24) is 0 Å². The first kappa shape index (κ1) is 12.4. The number of rotatable bonds is 3. The fourth-order valence-corrected chi connectivity index (χ4v) is 3.98. The molecule has 0 bridgehead atoms. The molecule has 0 saturated carbocycles. The third-order valence-electron chi connectivity index (χ3n) is 3.17. The zero-order valence-electron chi connectivity index (χ0n) is 9.67. The van der Waals surface area contributed by atoms with Gasteiger partial charge in [-0.3, -0.25) is 0 Å². The topological polar surface area (TPSA) is 63.6 Å². The van der Waals surface area contributed by atoms with E-state index in [-0.39, 0.29) is 17.4 Å². The van der Waals surface area contributed by atoms with E-state index in [4.69, 9.17) is 4.74 Å². The van der Waals surface area contributed by atoms with Crippen LogP contribution in [0.25, 0.3) is 0 Å². The molecule has 0 spiro atoms. The van der Waals surface area contributed by atoms with Gasteiger partial charge in [0, 0.05) is 5.92 Å². The van der Waals surface area contributed by atoms with E-state index in [9.17, 15) is 13.5 Å². The SMILES string of the molecule is COc1ccc(C(O)C2CCS(=O)(=O)C2)cc1. The normalized spacial score (nSPS) is 24.5. The van der Waals surface area contributed by atoms with Crippen LogP contribution in [0.1, 0.15) is 18.1 Å². The molecule has 1 N–H and O–H groups in total. The molecule has 4 nitrogen and oxygen atoms in total. The molecule has 1 aliphatic heterocycles. The first-order chi connectivity index (χ1) is 8.02. The second-order valence-electron chi connectivity index (χ2n) is 4.38. The third-order valence-corrected chi connectivity index (χ3v) is 4.97. The summed E-state index contributed by atoms with van der Waals surface area (Å²) in [4.78, 5) is 0. The van der Waals surface area contributed by atoms with Gasteiger partial charge in [-0.05, 0) is 24.1 Å². The summed E-state index contributed by atoms with van der Waals surface area (Å²) in [6.07, 6.45) is -0.173. The maximum Gasteiger partial charge on any atom is 0.150 e. The van der Waals surface area contributed by atoms with Gasteiger partial charge >= 0.3 is 0 Å². The largest absolute Gasteiger partial charge is 0.497 e. The van der Waals surface area contributed by atoms with Crippen molar-refractivity contribution in [3.8, 4) is 5.75 Å². The Labute approximate surface area is 101 Å². The highest BCUT2D eigenvalue weighted by atomic mass is 32.2. The van der Waals surface area contributed by atoms with E-state index in [2.05, 4.69) is 0 Å². The Bertz CT molecular complexity index is 478. The minimum absolute atomic E-state index is 0.0835. The molecule has 0 amide bonds. The van der Waals surface area contributed by atoms with E-state index in [1.807, 2.05) is 0 Å². The summed E-state index contributed by atoms with van der Waals surface area (Å²) < 4.78 is 27.7. The van der Waals surface area contributed by atoms with E-state index in [0.717, 1.165) is 11.3 Å². The van der Waals surface area contributed by atoms with Crippen LogP contribution in [0.2, 0.25) is 0 Å². The van der Waals surface area contributed by atoms with Gasteiger partial charge in [-0.1, -0.05) is 12.1 Å². The molecule has 0 aliphatic carbocycles. The molecule has 94 valence electrons. The molecule has 1 fully saturated rings. The Morgan fingerprint density at radius 2 is 2.00 bits per heavy atom. The van der Waals surface area contributed by atoms with Gasteiger partial charge in [0.25, 0.3) is 0 Å². The molecular weight excluding hydrogens is 240 g/mol. The van der Waals surface area contributed by atoms with Gasteiger partial charge < -0.3 is 9.84 Å². The minimum atomic E-state index is -2.95. The Morgan fingerprint density at radius 1 is 1.35 bits per heavy atom. The van der Waals surface area contributed by atoms with Crippen molar-refractivity contribution in [2.75, 3.05) is 18.6 Å². The maximum absolute atomic E-state index is 11.3. The first-order valence-corrected chi connectivity index (χ1v) is 7.36. The summed E-state index contributed by atoms with van der Waals surface area (Å²) in [7, 11) is -1.37. The van der Waals surface area contributed by atoms with Gasteiger partial charge in [0.05, 0.1) is 24.7 Å². The number of sulfone groups is 1. The quantitative estimate of drug-likeness (QED) is 0.881. The van der Waals surface area contributed by atoms with Crippen LogP contribution in [0.3, 0.4) is 0 Å². The molecule has 1 aromatic carbocycles. The standard InChI is InChI=1S/C12H16O4S/c1-16-11-4-2-9(3-5-11)12(13)10-6-7-17(14,15)8-10/h2-5,10,12-13H,6-8H2,1H3. The fourth-order valence-electron chi connectivity index (χ4n) is 2.15. The molecule has 0 aromatic heterocycles. The summed E-state index contributed by atoms with van der Waals surface area (Å²) in [6.45, 7) is 0. The van der Waals surface area contributed by atoms with Crippen molar-refractivity contribution in [3.05, 3.63) is 29.8 Å². The second-order valence-corrected chi connectivity index (χ2v) is 6.61. The van der Waals surface area contributed by atoms with Crippen LogP contribution < -0.4 is 4.74 Å². The summed E-state index contributed by atoms with van der Waals surface area (Å²) in [5.74, 6) is 0.804. The van der Waals surface area contributed by atoms with Gasteiger partial charge in [-0.2, -0.15) is 0 Å². The van der Waals surface area contributed by atoms with Crippen LogP contribution in [0.4, 0.5) is 0 Å². The van der Waals surface area contributed by atoms with Crippen molar-refractivity contribution in [2.24, 2.45) is 5.92 Å². The molecule has 1 saturated heterocycles. The summed E-state index contributed by atoms with van der Waals surface area (Å²) in [6, 6.07) is 7.08. The monoisotopic (exact) mass is 256 g/mol. The summed E-state index contributed by atoms with van der Waals surface area (Å²) in [5, 5.41) is 10.1. The van der Waals surface area contributed by atoms with Crippen LogP contribution in [0, 0.1) is 5.92 Å². The van der Waals surface area contributed by atoms with Gasteiger partial charge in [0.15, 0.2) is 9.84 Å². The molecule has 1 heterocycles.